The van der Waals surface area contributed by atoms with Crippen LogP contribution in [-0.4, -0.2) is 22.6 Å². The van der Waals surface area contributed by atoms with Crippen molar-refractivity contribution in [1.82, 2.24) is 4.98 Å². The molecule has 4 heteroatoms. The maximum Gasteiger partial charge on any atom is 0.335 e. The predicted molar refractivity (Wildman–Crippen MR) is 68.5 cm³/mol. The lowest BCUT2D eigenvalue weighted by atomic mass is 10.1. The minimum Gasteiger partial charge on any atom is -0.478 e. The lowest BCUT2D eigenvalue weighted by molar-refractivity contribution is 0.0696. The molecule has 0 spiro atoms. The number of anilines is 1. The van der Waals surface area contributed by atoms with Gasteiger partial charge >= 0.3 is 5.97 Å². The minimum absolute atomic E-state index is 0.282. The second-order valence-electron chi connectivity index (χ2n) is 3.79. The van der Waals surface area contributed by atoms with Crippen molar-refractivity contribution < 1.29 is 9.90 Å². The Morgan fingerprint density at radius 3 is 2.94 bits per heavy atom. The molecule has 92 valence electrons. The van der Waals surface area contributed by atoms with Gasteiger partial charge in [0.15, 0.2) is 0 Å². The molecule has 1 heterocycles. The highest BCUT2D eigenvalue weighted by Gasteiger charge is 2.07. The Balaban J connectivity index is 2.86. The molecule has 0 saturated carbocycles. The van der Waals surface area contributed by atoms with Crippen LogP contribution in [0.3, 0.4) is 0 Å². The topological polar surface area (TPSA) is 62.2 Å². The molecule has 0 aromatic carbocycles. The largest absolute Gasteiger partial charge is 0.478 e. The number of aromatic carboxylic acids is 1. The zero-order chi connectivity index (χ0) is 12.7. The summed E-state index contributed by atoms with van der Waals surface area (Å²) in [5, 5.41) is 12.1. The number of rotatable bonds is 7. The zero-order valence-corrected chi connectivity index (χ0v) is 10.1. The molecule has 1 aromatic heterocycles. The second-order valence-corrected chi connectivity index (χ2v) is 3.79. The van der Waals surface area contributed by atoms with Gasteiger partial charge in [-0.25, -0.2) is 9.78 Å². The number of aromatic nitrogens is 1. The van der Waals surface area contributed by atoms with Crippen molar-refractivity contribution >= 4 is 11.8 Å². The zero-order valence-electron chi connectivity index (χ0n) is 10.1. The van der Waals surface area contributed by atoms with Gasteiger partial charge in [-0.2, -0.15) is 0 Å². The minimum atomic E-state index is -0.920. The number of nitrogens with zero attached hydrogens (tertiary/aromatic N) is 1. The van der Waals surface area contributed by atoms with Crippen molar-refractivity contribution in [3.63, 3.8) is 0 Å². The summed E-state index contributed by atoms with van der Waals surface area (Å²) >= 11 is 0. The Bertz CT molecular complexity index is 402. The lowest BCUT2D eigenvalue weighted by Gasteiger charge is -2.08. The van der Waals surface area contributed by atoms with Gasteiger partial charge in [0.2, 0.25) is 0 Å². The van der Waals surface area contributed by atoms with E-state index >= 15 is 0 Å². The first kappa shape index (κ1) is 13.2. The molecule has 0 unspecified atom stereocenters. The van der Waals surface area contributed by atoms with Crippen molar-refractivity contribution in [3.8, 4) is 0 Å². The summed E-state index contributed by atoms with van der Waals surface area (Å²) in [5.41, 5.74) is 1.10. The Hall–Kier alpha value is -1.84. The monoisotopic (exact) mass is 234 g/mol. The summed E-state index contributed by atoms with van der Waals surface area (Å²) < 4.78 is 0. The Morgan fingerprint density at radius 2 is 2.35 bits per heavy atom. The Morgan fingerprint density at radius 1 is 1.59 bits per heavy atom. The summed E-state index contributed by atoms with van der Waals surface area (Å²) in [5.74, 6) is -0.299. The van der Waals surface area contributed by atoms with E-state index in [1.165, 1.54) is 0 Å². The third kappa shape index (κ3) is 4.26. The first-order chi connectivity index (χ1) is 8.17. The number of carboxylic acid groups (broad SMARTS) is 1. The quantitative estimate of drug-likeness (QED) is 0.562. The van der Waals surface area contributed by atoms with Gasteiger partial charge in [-0.1, -0.05) is 19.4 Å². The summed E-state index contributed by atoms with van der Waals surface area (Å²) in [6.07, 6.45) is 4.36. The third-order valence-corrected chi connectivity index (χ3v) is 2.29. The van der Waals surface area contributed by atoms with Crippen LogP contribution in [0.15, 0.2) is 24.8 Å². The van der Waals surface area contributed by atoms with E-state index in [-0.39, 0.29) is 5.56 Å². The highest BCUT2D eigenvalue weighted by molar-refractivity contribution is 5.88. The van der Waals surface area contributed by atoms with E-state index in [2.05, 4.69) is 16.9 Å². The molecule has 0 aliphatic rings. The normalized spacial score (nSPS) is 9.94. The molecule has 0 amide bonds. The summed E-state index contributed by atoms with van der Waals surface area (Å²) in [6, 6.07) is 3.19. The van der Waals surface area contributed by atoms with Crippen LogP contribution in [0, 0.1) is 0 Å². The number of pyridine rings is 1. The molecular weight excluding hydrogens is 216 g/mol. The van der Waals surface area contributed by atoms with Gasteiger partial charge < -0.3 is 10.4 Å². The molecule has 0 saturated heterocycles. The van der Waals surface area contributed by atoms with Crippen LogP contribution in [0.1, 0.15) is 35.8 Å². The molecule has 17 heavy (non-hydrogen) atoms. The third-order valence-electron chi connectivity index (χ3n) is 2.29. The second kappa shape index (κ2) is 6.68. The fourth-order valence-electron chi connectivity index (χ4n) is 1.49. The van der Waals surface area contributed by atoms with E-state index in [9.17, 15) is 4.79 Å². The predicted octanol–water partition coefficient (Wildman–Crippen LogP) is 2.72. The molecule has 0 radical (unpaired) electrons. The van der Waals surface area contributed by atoms with E-state index in [1.807, 2.05) is 6.92 Å². The first-order valence-electron chi connectivity index (χ1n) is 5.76. The lowest BCUT2D eigenvalue weighted by Crippen LogP contribution is -2.07. The van der Waals surface area contributed by atoms with E-state index in [4.69, 9.17) is 5.11 Å². The van der Waals surface area contributed by atoms with Crippen LogP contribution in [0.4, 0.5) is 5.82 Å². The van der Waals surface area contributed by atoms with E-state index in [0.717, 1.165) is 25.0 Å². The molecule has 0 atom stereocenters. The summed E-state index contributed by atoms with van der Waals surface area (Å²) in [7, 11) is 0. The van der Waals surface area contributed by atoms with Gasteiger partial charge in [-0.05, 0) is 25.0 Å². The van der Waals surface area contributed by atoms with Gasteiger partial charge in [-0.15, -0.1) is 6.58 Å². The number of carboxylic acids is 1. The molecule has 1 aromatic rings. The summed E-state index contributed by atoms with van der Waals surface area (Å²) in [4.78, 5) is 15.3. The number of hydrogen-bond donors (Lipinski definition) is 2. The number of carbonyl (C=O) groups is 1. The van der Waals surface area contributed by atoms with Crippen LogP contribution in [0.25, 0.3) is 0 Å². The van der Waals surface area contributed by atoms with Crippen LogP contribution >= 0.6 is 0 Å². The standard InChI is InChI=1S/C13H18N2O2/c1-3-5-7-14-12-9-10(13(16)17)8-11(15-12)6-4-2/h3,8-9H,1,4-7H2,2H3,(H,14,15)(H,16,17). The maximum atomic E-state index is 11.0. The van der Waals surface area contributed by atoms with Crippen molar-refractivity contribution in [2.75, 3.05) is 11.9 Å². The maximum absolute atomic E-state index is 11.0. The SMILES string of the molecule is C=CCCNc1cc(C(=O)O)cc(CCC)n1. The van der Waals surface area contributed by atoms with Gasteiger partial charge in [-0.3, -0.25) is 0 Å². The van der Waals surface area contributed by atoms with Crippen molar-refractivity contribution in [2.24, 2.45) is 0 Å². The molecule has 2 N–H and O–H groups in total. The van der Waals surface area contributed by atoms with Crippen LogP contribution in [-0.2, 0) is 6.42 Å². The molecule has 0 aliphatic carbocycles. The fourth-order valence-corrected chi connectivity index (χ4v) is 1.49. The first-order valence-corrected chi connectivity index (χ1v) is 5.76. The molecular formula is C13H18N2O2. The van der Waals surface area contributed by atoms with Gasteiger partial charge in [0, 0.05) is 12.2 Å². The fraction of sp³-hybridized carbons (Fsp3) is 0.385. The van der Waals surface area contributed by atoms with Crippen LogP contribution < -0.4 is 5.32 Å². The molecule has 0 bridgehead atoms. The Kier molecular flexibility index (Phi) is 5.20. The number of hydrogen-bond acceptors (Lipinski definition) is 3. The smallest absolute Gasteiger partial charge is 0.335 e. The van der Waals surface area contributed by atoms with Crippen molar-refractivity contribution in [3.05, 3.63) is 36.0 Å². The highest BCUT2D eigenvalue weighted by Crippen LogP contribution is 2.12. The average Bonchev–Trinajstić information content (AvgIpc) is 2.29. The van der Waals surface area contributed by atoms with Gasteiger partial charge in [0.25, 0.3) is 0 Å². The van der Waals surface area contributed by atoms with Gasteiger partial charge in [0.1, 0.15) is 5.82 Å². The van der Waals surface area contributed by atoms with Gasteiger partial charge in [0.05, 0.1) is 5.56 Å². The summed E-state index contributed by atoms with van der Waals surface area (Å²) in [6.45, 7) is 6.39. The van der Waals surface area contributed by atoms with E-state index in [0.29, 0.717) is 12.4 Å². The highest BCUT2D eigenvalue weighted by atomic mass is 16.4. The van der Waals surface area contributed by atoms with Crippen LogP contribution in [0.5, 0.6) is 0 Å². The molecule has 1 rings (SSSR count). The molecule has 4 nitrogen and oxygen atoms in total. The van der Waals surface area contributed by atoms with Crippen molar-refractivity contribution in [2.45, 2.75) is 26.2 Å². The van der Waals surface area contributed by atoms with E-state index in [1.54, 1.807) is 18.2 Å². The Labute approximate surface area is 101 Å². The molecule has 0 fully saturated rings. The molecule has 0 aliphatic heterocycles. The van der Waals surface area contributed by atoms with E-state index < -0.39 is 5.97 Å². The number of nitrogens with one attached hydrogen (secondary N) is 1. The average molecular weight is 234 g/mol. The van der Waals surface area contributed by atoms with Crippen molar-refractivity contribution in [1.29, 1.82) is 0 Å². The number of aryl methyl sites for hydroxylation is 1. The van der Waals surface area contributed by atoms with Crippen LogP contribution in [0.2, 0.25) is 0 Å².